The molecule has 0 spiro atoms. The summed E-state index contributed by atoms with van der Waals surface area (Å²) in [4.78, 5) is 17.0. The van der Waals surface area contributed by atoms with Crippen LogP contribution in [0.25, 0.3) is 21.8 Å². The maximum absolute atomic E-state index is 11.9. The van der Waals surface area contributed by atoms with Gasteiger partial charge in [0.05, 0.1) is 14.8 Å². The van der Waals surface area contributed by atoms with Crippen molar-refractivity contribution < 1.29 is 9.90 Å². The van der Waals surface area contributed by atoms with Gasteiger partial charge in [-0.2, -0.15) is 0 Å². The van der Waals surface area contributed by atoms with Gasteiger partial charge in [-0.3, -0.25) is 10.2 Å². The van der Waals surface area contributed by atoms with Gasteiger partial charge in [0.2, 0.25) is 5.78 Å². The molecule has 0 amide bonds. The second-order valence-electron chi connectivity index (χ2n) is 4.85. The van der Waals surface area contributed by atoms with E-state index in [-0.39, 0.29) is 5.75 Å². The molecule has 0 aliphatic carbocycles. The summed E-state index contributed by atoms with van der Waals surface area (Å²) in [6.07, 6.45) is 1.93. The van der Waals surface area contributed by atoms with E-state index in [2.05, 4.69) is 4.98 Å². The Labute approximate surface area is 150 Å². The zero-order valence-electron chi connectivity index (χ0n) is 12.6. The third-order valence-electron chi connectivity index (χ3n) is 3.23. The lowest BCUT2D eigenvalue weighted by atomic mass is 10.1. The molecular formula is C16H13N3O2S3. The highest BCUT2D eigenvalue weighted by atomic mass is 32.2. The fraction of sp³-hybridized carbons (Fsp3) is 0.0625. The molecule has 2 aromatic heterocycles. The molecule has 0 aliphatic heterocycles. The van der Waals surface area contributed by atoms with E-state index in [4.69, 9.17) is 11.1 Å². The van der Waals surface area contributed by atoms with Gasteiger partial charge in [-0.15, -0.1) is 34.4 Å². The van der Waals surface area contributed by atoms with Gasteiger partial charge in [-0.25, -0.2) is 4.98 Å². The Bertz CT molecular complexity index is 930. The van der Waals surface area contributed by atoms with Crippen LogP contribution < -0.4 is 5.73 Å². The zero-order chi connectivity index (χ0) is 17.3. The Morgan fingerprint density at radius 2 is 2.17 bits per heavy atom. The Morgan fingerprint density at radius 1 is 1.38 bits per heavy atom. The fourth-order valence-electron chi connectivity index (χ4n) is 2.11. The first-order valence-corrected chi connectivity index (χ1v) is 9.73. The third-order valence-corrected chi connectivity index (χ3v) is 6.37. The van der Waals surface area contributed by atoms with Gasteiger partial charge in [-0.1, -0.05) is 12.1 Å². The van der Waals surface area contributed by atoms with Crippen LogP contribution in [0.4, 0.5) is 0 Å². The number of carbonyl (C=O) groups is 1. The Morgan fingerprint density at radius 3 is 2.83 bits per heavy atom. The molecule has 0 saturated carbocycles. The molecule has 0 saturated heterocycles. The van der Waals surface area contributed by atoms with Gasteiger partial charge >= 0.3 is 0 Å². The molecule has 3 aromatic rings. The molecule has 8 heteroatoms. The van der Waals surface area contributed by atoms with E-state index in [1.165, 1.54) is 34.4 Å². The number of benzene rings is 1. The molecule has 0 aliphatic rings. The minimum absolute atomic E-state index is 0.191. The lowest BCUT2D eigenvalue weighted by Crippen LogP contribution is -2.21. The molecule has 0 fully saturated rings. The van der Waals surface area contributed by atoms with Crippen LogP contribution in [0.1, 0.15) is 9.67 Å². The number of nitrogens with two attached hydrogens (primary N) is 1. The Kier molecular flexibility index (Phi) is 4.70. The molecule has 24 heavy (non-hydrogen) atoms. The molecule has 0 radical (unpaired) electrons. The number of nitrogens with zero attached hydrogens (tertiary/aromatic N) is 1. The predicted molar refractivity (Wildman–Crippen MR) is 101 cm³/mol. The maximum atomic E-state index is 11.9. The average molecular weight is 376 g/mol. The summed E-state index contributed by atoms with van der Waals surface area (Å²) in [5, 5.41) is 19.6. The molecule has 1 aromatic carbocycles. The number of phenols is 1. The van der Waals surface area contributed by atoms with Crippen molar-refractivity contribution in [3.8, 4) is 27.6 Å². The summed E-state index contributed by atoms with van der Waals surface area (Å²) in [5.74, 6) is -0.738. The maximum Gasteiger partial charge on any atom is 0.237 e. The molecule has 3 rings (SSSR count). The quantitative estimate of drug-likeness (QED) is 0.270. The first-order chi connectivity index (χ1) is 11.5. The number of aromatic nitrogens is 1. The molecule has 0 atom stereocenters. The van der Waals surface area contributed by atoms with Crippen molar-refractivity contribution in [1.29, 1.82) is 5.41 Å². The molecule has 0 unspecified atom stereocenters. The fourth-order valence-corrected chi connectivity index (χ4v) is 4.92. The van der Waals surface area contributed by atoms with Crippen LogP contribution in [-0.4, -0.2) is 28.0 Å². The van der Waals surface area contributed by atoms with E-state index in [9.17, 15) is 9.90 Å². The van der Waals surface area contributed by atoms with E-state index >= 15 is 0 Å². The van der Waals surface area contributed by atoms with Crippen LogP contribution in [0.3, 0.4) is 0 Å². The van der Waals surface area contributed by atoms with Crippen LogP contribution in [0, 0.1) is 5.41 Å². The van der Waals surface area contributed by atoms with Crippen LogP contribution in [0.2, 0.25) is 0 Å². The third kappa shape index (κ3) is 3.21. The number of thiophene rings is 1. The number of hydrogen-bond donors (Lipinski definition) is 3. The average Bonchev–Trinajstić information content (AvgIpc) is 3.20. The van der Waals surface area contributed by atoms with Crippen LogP contribution in [-0.2, 0) is 0 Å². The smallest absolute Gasteiger partial charge is 0.237 e. The Balaban J connectivity index is 2.01. The van der Waals surface area contributed by atoms with Crippen molar-refractivity contribution in [3.05, 3.63) is 40.6 Å². The van der Waals surface area contributed by atoms with Crippen LogP contribution in [0.5, 0.6) is 5.75 Å². The summed E-state index contributed by atoms with van der Waals surface area (Å²) >= 11 is 4.32. The minimum atomic E-state index is -0.466. The normalized spacial score (nSPS) is 10.7. The summed E-state index contributed by atoms with van der Waals surface area (Å²) in [5.41, 5.74) is 7.77. The van der Waals surface area contributed by atoms with E-state index in [0.717, 1.165) is 26.0 Å². The number of ketones is 1. The SMILES string of the molecule is CSc1sc(C(=O)C(=N)N)cc1-c1nc(-c2cccc(O)c2)cs1. The number of thiazole rings is 1. The number of rotatable bonds is 5. The lowest BCUT2D eigenvalue weighted by Gasteiger charge is -1.98. The molecule has 122 valence electrons. The number of amidine groups is 1. The van der Waals surface area contributed by atoms with E-state index < -0.39 is 11.6 Å². The molecular weight excluding hydrogens is 362 g/mol. The van der Waals surface area contributed by atoms with Crippen molar-refractivity contribution in [2.24, 2.45) is 5.73 Å². The van der Waals surface area contributed by atoms with E-state index in [1.54, 1.807) is 24.3 Å². The molecule has 0 bridgehead atoms. The first kappa shape index (κ1) is 16.7. The number of nitrogens with one attached hydrogen (secondary N) is 1. The zero-order valence-corrected chi connectivity index (χ0v) is 15.0. The minimum Gasteiger partial charge on any atom is -0.508 e. The highest BCUT2D eigenvalue weighted by Gasteiger charge is 2.19. The van der Waals surface area contributed by atoms with E-state index in [0.29, 0.717) is 4.88 Å². The number of thioether (sulfide) groups is 1. The van der Waals surface area contributed by atoms with Gasteiger partial charge in [0, 0.05) is 16.5 Å². The highest BCUT2D eigenvalue weighted by Crippen LogP contribution is 2.40. The van der Waals surface area contributed by atoms with Gasteiger partial charge in [-0.05, 0) is 24.5 Å². The van der Waals surface area contributed by atoms with Gasteiger partial charge in [0.1, 0.15) is 10.8 Å². The van der Waals surface area contributed by atoms with Crippen LogP contribution >= 0.6 is 34.4 Å². The topological polar surface area (TPSA) is 100 Å². The number of phenolic OH excluding ortho intramolecular Hbond substituents is 1. The summed E-state index contributed by atoms with van der Waals surface area (Å²) in [6.45, 7) is 0. The lowest BCUT2D eigenvalue weighted by molar-refractivity contribution is 0.106. The first-order valence-electron chi connectivity index (χ1n) is 6.81. The summed E-state index contributed by atoms with van der Waals surface area (Å²) in [7, 11) is 0. The van der Waals surface area contributed by atoms with Crippen molar-refractivity contribution in [2.75, 3.05) is 6.26 Å². The van der Waals surface area contributed by atoms with E-state index in [1.807, 2.05) is 17.7 Å². The van der Waals surface area contributed by atoms with Crippen molar-refractivity contribution in [2.45, 2.75) is 4.21 Å². The monoisotopic (exact) mass is 375 g/mol. The second kappa shape index (κ2) is 6.76. The molecule has 4 N–H and O–H groups in total. The largest absolute Gasteiger partial charge is 0.508 e. The van der Waals surface area contributed by atoms with Crippen LogP contribution in [0.15, 0.2) is 39.9 Å². The summed E-state index contributed by atoms with van der Waals surface area (Å²) < 4.78 is 0.955. The van der Waals surface area contributed by atoms with Gasteiger partial charge in [0.15, 0.2) is 5.84 Å². The van der Waals surface area contributed by atoms with Crippen molar-refractivity contribution in [1.82, 2.24) is 4.98 Å². The number of Topliss-reactive ketones (excluding diaryl/α,β-unsaturated/α-hetero) is 1. The van der Waals surface area contributed by atoms with Gasteiger partial charge in [0.25, 0.3) is 0 Å². The van der Waals surface area contributed by atoms with Gasteiger partial charge < -0.3 is 10.8 Å². The summed E-state index contributed by atoms with van der Waals surface area (Å²) in [6, 6.07) is 8.66. The Hall–Kier alpha value is -2.16. The predicted octanol–water partition coefficient (Wildman–Crippen LogP) is 4.08. The molecule has 2 heterocycles. The highest BCUT2D eigenvalue weighted by molar-refractivity contribution is 8.00. The van der Waals surface area contributed by atoms with Crippen molar-refractivity contribution in [3.63, 3.8) is 0 Å². The number of carbonyl (C=O) groups excluding carboxylic acids is 1. The number of hydrogen-bond acceptors (Lipinski definition) is 7. The second-order valence-corrected chi connectivity index (χ2v) is 7.83. The van der Waals surface area contributed by atoms with Crippen molar-refractivity contribution >= 4 is 46.1 Å². The molecule has 5 nitrogen and oxygen atoms in total. The standard InChI is InChI=1S/C16H13N3O2S3/c1-22-16-10(6-12(24-16)13(21)14(17)18)15-19-11(7-23-15)8-3-2-4-9(20)5-8/h2-7,20H,1H3,(H3,17,18). The number of aromatic hydroxyl groups is 1.